The quantitative estimate of drug-likeness (QED) is 0.917. The van der Waals surface area contributed by atoms with Gasteiger partial charge in [-0.05, 0) is 30.7 Å². The predicted octanol–water partition coefficient (Wildman–Crippen LogP) is 2.59. The van der Waals surface area contributed by atoms with E-state index in [0.29, 0.717) is 18.4 Å². The number of likely N-dealkylation sites (N-methyl/N-ethyl adjacent to an activating group) is 1. The highest BCUT2D eigenvalue weighted by atomic mass is 16.2. The van der Waals surface area contributed by atoms with Crippen LogP contribution >= 0.6 is 0 Å². The topological polar surface area (TPSA) is 46.3 Å². The SMILES string of the molecule is CC1CCCCC1N(C)C(=O)[C@H](N)Cc1ccccc1. The van der Waals surface area contributed by atoms with Crippen molar-refractivity contribution in [2.45, 2.75) is 51.1 Å². The van der Waals surface area contributed by atoms with Gasteiger partial charge in [0.1, 0.15) is 0 Å². The van der Waals surface area contributed by atoms with Crippen LogP contribution < -0.4 is 5.73 Å². The van der Waals surface area contributed by atoms with Crippen molar-refractivity contribution >= 4 is 5.91 Å². The summed E-state index contributed by atoms with van der Waals surface area (Å²) in [6.45, 7) is 2.25. The lowest BCUT2D eigenvalue weighted by Gasteiger charge is -2.37. The zero-order valence-electron chi connectivity index (χ0n) is 12.6. The molecule has 110 valence electrons. The molecule has 3 nitrogen and oxygen atoms in total. The molecule has 1 aliphatic rings. The summed E-state index contributed by atoms with van der Waals surface area (Å²) in [5.74, 6) is 0.661. The molecule has 1 saturated carbocycles. The van der Waals surface area contributed by atoms with Crippen LogP contribution in [0.4, 0.5) is 0 Å². The van der Waals surface area contributed by atoms with Crippen molar-refractivity contribution in [1.82, 2.24) is 4.90 Å². The van der Waals surface area contributed by atoms with Gasteiger partial charge in [-0.1, -0.05) is 50.1 Å². The summed E-state index contributed by atoms with van der Waals surface area (Å²) < 4.78 is 0. The number of nitrogens with zero attached hydrogens (tertiary/aromatic N) is 1. The van der Waals surface area contributed by atoms with E-state index in [0.717, 1.165) is 12.0 Å². The maximum absolute atomic E-state index is 12.5. The molecule has 0 spiro atoms. The number of amides is 1. The van der Waals surface area contributed by atoms with E-state index < -0.39 is 6.04 Å². The molecule has 1 aromatic carbocycles. The second-order valence-electron chi connectivity index (χ2n) is 6.07. The first-order valence-corrected chi connectivity index (χ1v) is 7.65. The highest BCUT2D eigenvalue weighted by molar-refractivity contribution is 5.82. The average molecular weight is 274 g/mol. The molecular formula is C17H26N2O. The highest BCUT2D eigenvalue weighted by Gasteiger charge is 2.30. The molecule has 0 bridgehead atoms. The number of carbonyl (C=O) groups excluding carboxylic acids is 1. The van der Waals surface area contributed by atoms with E-state index >= 15 is 0 Å². The zero-order chi connectivity index (χ0) is 14.5. The summed E-state index contributed by atoms with van der Waals surface area (Å²) in [4.78, 5) is 14.4. The normalized spacial score (nSPS) is 24.1. The monoisotopic (exact) mass is 274 g/mol. The molecule has 1 amide bonds. The molecule has 0 aliphatic heterocycles. The standard InChI is InChI=1S/C17H26N2O/c1-13-8-6-7-11-16(13)19(2)17(20)15(18)12-14-9-4-3-5-10-14/h3-5,9-10,13,15-16H,6-8,11-12,18H2,1-2H3/t13?,15-,16?/m1/s1. The number of hydrogen-bond donors (Lipinski definition) is 1. The first kappa shape index (κ1) is 15.0. The maximum atomic E-state index is 12.5. The minimum absolute atomic E-state index is 0.0765. The summed E-state index contributed by atoms with van der Waals surface area (Å²) >= 11 is 0. The van der Waals surface area contributed by atoms with Gasteiger partial charge < -0.3 is 10.6 Å². The lowest BCUT2D eigenvalue weighted by atomic mass is 9.85. The van der Waals surface area contributed by atoms with Crippen molar-refractivity contribution < 1.29 is 4.79 Å². The summed E-state index contributed by atoms with van der Waals surface area (Å²) in [5.41, 5.74) is 7.23. The number of carbonyl (C=O) groups is 1. The van der Waals surface area contributed by atoms with Crippen molar-refractivity contribution in [1.29, 1.82) is 0 Å². The molecule has 1 fully saturated rings. The van der Waals surface area contributed by atoms with E-state index in [9.17, 15) is 4.79 Å². The Labute approximate surface area is 122 Å². The predicted molar refractivity (Wildman–Crippen MR) is 82.3 cm³/mol. The maximum Gasteiger partial charge on any atom is 0.239 e. The van der Waals surface area contributed by atoms with Crippen LogP contribution in [0.3, 0.4) is 0 Å². The van der Waals surface area contributed by atoms with Gasteiger partial charge in [0.15, 0.2) is 0 Å². The van der Waals surface area contributed by atoms with Gasteiger partial charge in [0, 0.05) is 13.1 Å². The highest BCUT2D eigenvalue weighted by Crippen LogP contribution is 2.27. The molecule has 0 saturated heterocycles. The number of benzene rings is 1. The Bertz CT molecular complexity index is 432. The molecule has 2 unspecified atom stereocenters. The smallest absolute Gasteiger partial charge is 0.239 e. The van der Waals surface area contributed by atoms with Crippen LogP contribution in [0.25, 0.3) is 0 Å². The third-order valence-electron chi connectivity index (χ3n) is 4.53. The van der Waals surface area contributed by atoms with Crippen molar-refractivity contribution in [3.63, 3.8) is 0 Å². The third kappa shape index (κ3) is 3.60. The number of hydrogen-bond acceptors (Lipinski definition) is 2. The molecule has 1 aliphatic carbocycles. The van der Waals surface area contributed by atoms with Crippen molar-refractivity contribution in [3.05, 3.63) is 35.9 Å². The Morgan fingerprint density at radius 3 is 2.60 bits per heavy atom. The van der Waals surface area contributed by atoms with E-state index in [1.807, 2.05) is 42.3 Å². The third-order valence-corrected chi connectivity index (χ3v) is 4.53. The Kier molecular flexibility index (Phi) is 5.18. The summed E-state index contributed by atoms with van der Waals surface area (Å²) in [7, 11) is 1.92. The minimum Gasteiger partial charge on any atom is -0.341 e. The lowest BCUT2D eigenvalue weighted by Crippen LogP contribution is -2.50. The average Bonchev–Trinajstić information content (AvgIpc) is 2.47. The Hall–Kier alpha value is -1.35. The van der Waals surface area contributed by atoms with Crippen LogP contribution in [-0.2, 0) is 11.2 Å². The van der Waals surface area contributed by atoms with Gasteiger partial charge in [-0.25, -0.2) is 0 Å². The summed E-state index contributed by atoms with van der Waals surface area (Å²) in [5, 5.41) is 0. The molecule has 20 heavy (non-hydrogen) atoms. The second-order valence-corrected chi connectivity index (χ2v) is 6.07. The molecular weight excluding hydrogens is 248 g/mol. The first-order chi connectivity index (χ1) is 9.59. The Morgan fingerprint density at radius 2 is 1.95 bits per heavy atom. The Balaban J connectivity index is 1.95. The molecule has 2 N–H and O–H groups in total. The lowest BCUT2D eigenvalue weighted by molar-refractivity contribution is -0.135. The van der Waals surface area contributed by atoms with Gasteiger partial charge in [0.25, 0.3) is 0 Å². The van der Waals surface area contributed by atoms with Crippen LogP contribution in [0, 0.1) is 5.92 Å². The fraction of sp³-hybridized carbons (Fsp3) is 0.588. The van der Waals surface area contributed by atoms with E-state index in [1.54, 1.807) is 0 Å². The van der Waals surface area contributed by atoms with Gasteiger partial charge in [0.2, 0.25) is 5.91 Å². The fourth-order valence-electron chi connectivity index (χ4n) is 3.25. The number of rotatable bonds is 4. The van der Waals surface area contributed by atoms with Crippen LogP contribution in [-0.4, -0.2) is 29.9 Å². The van der Waals surface area contributed by atoms with Crippen LogP contribution in [0.1, 0.15) is 38.2 Å². The van der Waals surface area contributed by atoms with Crippen molar-refractivity contribution in [3.8, 4) is 0 Å². The summed E-state index contributed by atoms with van der Waals surface area (Å²) in [6.07, 6.45) is 5.46. The van der Waals surface area contributed by atoms with Crippen LogP contribution in [0.2, 0.25) is 0 Å². The zero-order valence-corrected chi connectivity index (χ0v) is 12.6. The largest absolute Gasteiger partial charge is 0.341 e. The van der Waals surface area contributed by atoms with Crippen LogP contribution in [0.5, 0.6) is 0 Å². The molecule has 2 rings (SSSR count). The van der Waals surface area contributed by atoms with Crippen molar-refractivity contribution in [2.24, 2.45) is 11.7 Å². The molecule has 0 aromatic heterocycles. The number of nitrogens with two attached hydrogens (primary N) is 1. The van der Waals surface area contributed by atoms with E-state index in [4.69, 9.17) is 5.73 Å². The van der Waals surface area contributed by atoms with Gasteiger partial charge in [-0.15, -0.1) is 0 Å². The Morgan fingerprint density at radius 1 is 1.30 bits per heavy atom. The molecule has 0 radical (unpaired) electrons. The summed E-state index contributed by atoms with van der Waals surface area (Å²) in [6, 6.07) is 9.92. The molecule has 3 heteroatoms. The second kappa shape index (κ2) is 6.89. The molecule has 1 aromatic rings. The van der Waals surface area contributed by atoms with Gasteiger partial charge >= 0.3 is 0 Å². The van der Waals surface area contributed by atoms with Gasteiger partial charge in [-0.3, -0.25) is 4.79 Å². The van der Waals surface area contributed by atoms with Gasteiger partial charge in [-0.2, -0.15) is 0 Å². The molecule has 3 atom stereocenters. The van der Waals surface area contributed by atoms with E-state index in [1.165, 1.54) is 19.3 Å². The molecule has 0 heterocycles. The fourth-order valence-corrected chi connectivity index (χ4v) is 3.25. The van der Waals surface area contributed by atoms with E-state index in [2.05, 4.69) is 6.92 Å². The van der Waals surface area contributed by atoms with E-state index in [-0.39, 0.29) is 5.91 Å². The van der Waals surface area contributed by atoms with Crippen LogP contribution in [0.15, 0.2) is 30.3 Å². The van der Waals surface area contributed by atoms with Crippen molar-refractivity contribution in [2.75, 3.05) is 7.05 Å². The first-order valence-electron chi connectivity index (χ1n) is 7.65. The van der Waals surface area contributed by atoms with Gasteiger partial charge in [0.05, 0.1) is 6.04 Å². The minimum atomic E-state index is -0.434.